The zero-order valence-electron chi connectivity index (χ0n) is 16.4. The van der Waals surface area contributed by atoms with Gasteiger partial charge in [-0.05, 0) is 78.6 Å². The summed E-state index contributed by atoms with van der Waals surface area (Å²) >= 11 is 0. The highest BCUT2D eigenvalue weighted by atomic mass is 28.4. The molecule has 4 rings (SSSR count). The fourth-order valence-corrected chi connectivity index (χ4v) is 7.40. The van der Waals surface area contributed by atoms with Crippen LogP contribution in [-0.2, 0) is 10.8 Å². The maximum atomic E-state index is 6.93. The molecule has 0 spiro atoms. The lowest BCUT2D eigenvalue weighted by Gasteiger charge is -2.44. The first-order valence-corrected chi connectivity index (χ1v) is 12.7. The van der Waals surface area contributed by atoms with Crippen LogP contribution in [0.3, 0.4) is 0 Å². The summed E-state index contributed by atoms with van der Waals surface area (Å²) in [6, 6.07) is 17.5. The molecule has 0 amide bonds. The summed E-state index contributed by atoms with van der Waals surface area (Å²) in [6.07, 6.45) is 5.12. The Balaban J connectivity index is 1.60. The van der Waals surface area contributed by atoms with Crippen LogP contribution < -0.4 is 9.92 Å². The van der Waals surface area contributed by atoms with E-state index in [0.29, 0.717) is 12.0 Å². The van der Waals surface area contributed by atoms with Crippen LogP contribution in [0, 0.1) is 5.41 Å². The molecule has 2 aliphatic rings. The summed E-state index contributed by atoms with van der Waals surface area (Å²) in [7, 11) is -0.140. The first kappa shape index (κ1) is 17.8. The SMILES string of the molecule is COc1ccc2c(c1)CC[C@]1(C)[C@H](O[Si](C)(C)c3ccccc3)CC[C@@H]21. The van der Waals surface area contributed by atoms with Gasteiger partial charge in [0.2, 0.25) is 8.32 Å². The second kappa shape index (κ2) is 6.54. The van der Waals surface area contributed by atoms with Crippen molar-refractivity contribution in [1.82, 2.24) is 0 Å². The molecule has 0 N–H and O–H groups in total. The van der Waals surface area contributed by atoms with E-state index >= 15 is 0 Å². The molecular weight excluding hydrogens is 336 g/mol. The zero-order valence-corrected chi connectivity index (χ0v) is 17.4. The average molecular weight is 367 g/mol. The van der Waals surface area contributed by atoms with E-state index in [4.69, 9.17) is 9.16 Å². The Bertz CT molecular complexity index is 786. The van der Waals surface area contributed by atoms with Gasteiger partial charge in [-0.2, -0.15) is 0 Å². The highest BCUT2D eigenvalue weighted by Gasteiger charge is 2.51. The van der Waals surface area contributed by atoms with Gasteiger partial charge in [0.25, 0.3) is 0 Å². The van der Waals surface area contributed by atoms with Crippen LogP contribution >= 0.6 is 0 Å². The predicted molar refractivity (Wildman–Crippen MR) is 110 cm³/mol. The number of methoxy groups -OCH3 is 1. The second-order valence-electron chi connectivity index (χ2n) is 8.68. The van der Waals surface area contributed by atoms with Gasteiger partial charge in [0.05, 0.1) is 13.2 Å². The molecule has 2 aromatic carbocycles. The minimum Gasteiger partial charge on any atom is -0.497 e. The lowest BCUT2D eigenvalue weighted by molar-refractivity contribution is 0.0616. The highest BCUT2D eigenvalue weighted by Crippen LogP contribution is 2.57. The fraction of sp³-hybridized carbons (Fsp3) is 0.478. The van der Waals surface area contributed by atoms with Gasteiger partial charge in [-0.3, -0.25) is 0 Å². The Morgan fingerprint density at radius 3 is 2.54 bits per heavy atom. The Kier molecular flexibility index (Phi) is 4.48. The van der Waals surface area contributed by atoms with Gasteiger partial charge in [0, 0.05) is 0 Å². The molecule has 0 saturated heterocycles. The molecule has 0 bridgehead atoms. The number of hydrogen-bond acceptors (Lipinski definition) is 2. The third kappa shape index (κ3) is 2.91. The number of rotatable bonds is 4. The monoisotopic (exact) mass is 366 g/mol. The topological polar surface area (TPSA) is 18.5 Å². The smallest absolute Gasteiger partial charge is 0.218 e. The fourth-order valence-electron chi connectivity index (χ4n) is 5.17. The maximum Gasteiger partial charge on any atom is 0.218 e. The Labute approximate surface area is 158 Å². The molecular formula is C23H30O2Si. The molecule has 1 saturated carbocycles. The molecule has 0 aliphatic heterocycles. The normalized spacial score (nSPS) is 27.7. The molecule has 2 nitrogen and oxygen atoms in total. The van der Waals surface area contributed by atoms with Gasteiger partial charge in [0.15, 0.2) is 0 Å². The van der Waals surface area contributed by atoms with Crippen molar-refractivity contribution in [2.24, 2.45) is 5.41 Å². The van der Waals surface area contributed by atoms with E-state index in [1.807, 2.05) is 0 Å². The summed E-state index contributed by atoms with van der Waals surface area (Å²) in [5.74, 6) is 1.60. The quantitative estimate of drug-likeness (QED) is 0.707. The Hall–Kier alpha value is -1.58. The molecule has 3 heteroatoms. The van der Waals surface area contributed by atoms with Crippen molar-refractivity contribution in [2.75, 3.05) is 7.11 Å². The number of fused-ring (bicyclic) bond motifs is 3. The lowest BCUT2D eigenvalue weighted by atomic mass is 9.66. The summed E-state index contributed by atoms with van der Waals surface area (Å²) in [4.78, 5) is 0. The number of hydrogen-bond donors (Lipinski definition) is 0. The van der Waals surface area contributed by atoms with Crippen molar-refractivity contribution in [1.29, 1.82) is 0 Å². The third-order valence-electron chi connectivity index (χ3n) is 6.81. The number of benzene rings is 2. The third-order valence-corrected chi connectivity index (χ3v) is 9.41. The van der Waals surface area contributed by atoms with E-state index < -0.39 is 8.32 Å². The minimum atomic E-state index is -1.89. The van der Waals surface area contributed by atoms with E-state index in [1.165, 1.54) is 35.6 Å². The van der Waals surface area contributed by atoms with Crippen LogP contribution in [0.25, 0.3) is 0 Å². The van der Waals surface area contributed by atoms with Crippen LogP contribution in [0.2, 0.25) is 13.1 Å². The van der Waals surface area contributed by atoms with Crippen LogP contribution in [-0.4, -0.2) is 21.5 Å². The van der Waals surface area contributed by atoms with Crippen molar-refractivity contribution < 1.29 is 9.16 Å². The Morgan fingerprint density at radius 1 is 1.04 bits per heavy atom. The first-order valence-electron chi connectivity index (χ1n) is 9.84. The summed E-state index contributed by atoms with van der Waals surface area (Å²) < 4.78 is 12.4. The maximum absolute atomic E-state index is 6.93. The van der Waals surface area contributed by atoms with E-state index in [-0.39, 0.29) is 5.41 Å². The van der Waals surface area contributed by atoms with E-state index in [1.54, 1.807) is 7.11 Å². The molecule has 2 aliphatic carbocycles. The van der Waals surface area contributed by atoms with Crippen molar-refractivity contribution in [3.8, 4) is 5.75 Å². The molecule has 3 atom stereocenters. The van der Waals surface area contributed by atoms with Crippen molar-refractivity contribution in [3.05, 3.63) is 59.7 Å². The van der Waals surface area contributed by atoms with Crippen molar-refractivity contribution >= 4 is 13.5 Å². The van der Waals surface area contributed by atoms with E-state index in [0.717, 1.165) is 12.2 Å². The second-order valence-corrected chi connectivity index (χ2v) is 12.5. The van der Waals surface area contributed by atoms with Gasteiger partial charge in [-0.1, -0.05) is 43.3 Å². The van der Waals surface area contributed by atoms with Crippen LogP contribution in [0.4, 0.5) is 0 Å². The number of ether oxygens (including phenoxy) is 1. The van der Waals surface area contributed by atoms with E-state index in [2.05, 4.69) is 68.5 Å². The molecule has 0 radical (unpaired) electrons. The summed E-state index contributed by atoms with van der Waals surface area (Å²) in [5.41, 5.74) is 3.26. The van der Waals surface area contributed by atoms with Crippen LogP contribution in [0.5, 0.6) is 5.75 Å². The van der Waals surface area contributed by atoms with Gasteiger partial charge < -0.3 is 9.16 Å². The molecule has 0 aromatic heterocycles. The number of aryl methyl sites for hydroxylation is 1. The average Bonchev–Trinajstić information content (AvgIpc) is 2.98. The molecule has 2 aromatic rings. The molecule has 138 valence electrons. The predicted octanol–water partition coefficient (Wildman–Crippen LogP) is 5.02. The Morgan fingerprint density at radius 2 is 1.81 bits per heavy atom. The standard InChI is InChI=1S/C23H30O2Si/c1-23-15-14-17-16-18(24-2)10-11-20(17)21(23)12-13-22(23)25-26(3,4)19-8-6-5-7-9-19/h5-11,16,21-22H,12-15H2,1-4H3/t21-,22+,23-/m0/s1. The van der Waals surface area contributed by atoms with Crippen LogP contribution in [0.1, 0.15) is 43.2 Å². The molecule has 0 unspecified atom stereocenters. The van der Waals surface area contributed by atoms with Gasteiger partial charge in [-0.25, -0.2) is 0 Å². The van der Waals surface area contributed by atoms with Gasteiger partial charge >= 0.3 is 0 Å². The van der Waals surface area contributed by atoms with Crippen molar-refractivity contribution in [3.63, 3.8) is 0 Å². The lowest BCUT2D eigenvalue weighted by Crippen LogP contribution is -2.50. The summed E-state index contributed by atoms with van der Waals surface area (Å²) in [5, 5.41) is 1.40. The minimum absolute atomic E-state index is 0.251. The largest absolute Gasteiger partial charge is 0.497 e. The van der Waals surface area contributed by atoms with Gasteiger partial charge in [0.1, 0.15) is 5.75 Å². The first-order chi connectivity index (χ1) is 12.4. The van der Waals surface area contributed by atoms with Crippen LogP contribution in [0.15, 0.2) is 48.5 Å². The highest BCUT2D eigenvalue weighted by molar-refractivity contribution is 6.84. The molecule has 26 heavy (non-hydrogen) atoms. The molecule has 0 heterocycles. The van der Waals surface area contributed by atoms with E-state index in [9.17, 15) is 0 Å². The van der Waals surface area contributed by atoms with Gasteiger partial charge in [-0.15, -0.1) is 0 Å². The molecule has 1 fully saturated rings. The van der Waals surface area contributed by atoms with Crippen molar-refractivity contribution in [2.45, 2.75) is 57.7 Å². The zero-order chi connectivity index (χ0) is 18.4. The summed E-state index contributed by atoms with van der Waals surface area (Å²) in [6.45, 7) is 7.17.